The maximum absolute atomic E-state index is 5.17. The number of rotatable bonds is 0. The summed E-state index contributed by atoms with van der Waals surface area (Å²) in [4.78, 5) is 0. The highest BCUT2D eigenvalue weighted by Crippen LogP contribution is 2.17. The van der Waals surface area contributed by atoms with Crippen molar-refractivity contribution in [2.45, 2.75) is 18.5 Å². The Balaban J connectivity index is 1.99. The van der Waals surface area contributed by atoms with Crippen LogP contribution in [-0.2, 0) is 4.74 Å². The number of fused-ring (bicyclic) bond motifs is 2. The van der Waals surface area contributed by atoms with Crippen LogP contribution in [0.15, 0.2) is 0 Å². The van der Waals surface area contributed by atoms with E-state index in [0.29, 0.717) is 12.1 Å². The van der Waals surface area contributed by atoms with Gasteiger partial charge in [-0.2, -0.15) is 0 Å². The van der Waals surface area contributed by atoms with Gasteiger partial charge in [0.05, 0.1) is 13.2 Å². The normalized spacial score (nSPS) is 48.0. The molecule has 2 heteroatoms. The van der Waals surface area contributed by atoms with Crippen molar-refractivity contribution in [3.8, 4) is 0 Å². The molecule has 0 amide bonds. The molecule has 3 aliphatic heterocycles. The van der Waals surface area contributed by atoms with Crippen LogP contribution in [0.3, 0.4) is 0 Å². The van der Waals surface area contributed by atoms with Crippen molar-refractivity contribution in [1.82, 2.24) is 5.32 Å². The average Bonchev–Trinajstić information content (AvgIpc) is 1.67. The second kappa shape index (κ2) is 1.20. The smallest absolute Gasteiger partial charge is 0.0621 e. The van der Waals surface area contributed by atoms with Crippen molar-refractivity contribution in [1.29, 1.82) is 0 Å². The van der Waals surface area contributed by atoms with Gasteiger partial charge in [0.25, 0.3) is 0 Å². The molecule has 0 aromatic heterocycles. The Hall–Kier alpha value is -0.0800. The molecule has 3 heterocycles. The van der Waals surface area contributed by atoms with Gasteiger partial charge < -0.3 is 10.1 Å². The van der Waals surface area contributed by atoms with Gasteiger partial charge in [-0.15, -0.1) is 0 Å². The molecule has 0 unspecified atom stereocenters. The van der Waals surface area contributed by atoms with Crippen molar-refractivity contribution < 1.29 is 4.74 Å². The highest BCUT2D eigenvalue weighted by Gasteiger charge is 2.32. The van der Waals surface area contributed by atoms with Crippen LogP contribution in [0, 0.1) is 0 Å². The van der Waals surface area contributed by atoms with E-state index in [9.17, 15) is 0 Å². The molecular weight excluding hydrogens is 90.1 g/mol. The Kier molecular flexibility index (Phi) is 0.664. The summed E-state index contributed by atoms with van der Waals surface area (Å²) in [5, 5.41) is 3.35. The summed E-state index contributed by atoms with van der Waals surface area (Å²) in [7, 11) is 0. The second-order valence-corrected chi connectivity index (χ2v) is 2.33. The molecular formula is C5H9NO. The van der Waals surface area contributed by atoms with Gasteiger partial charge in [0.15, 0.2) is 0 Å². The molecule has 2 bridgehead atoms. The SMILES string of the molecule is C1OC[C@@H]2C[C@@H]1N2. The molecule has 0 aliphatic carbocycles. The monoisotopic (exact) mass is 99.1 g/mol. The van der Waals surface area contributed by atoms with Crippen LogP contribution in [0.5, 0.6) is 0 Å². The largest absolute Gasteiger partial charge is 0.378 e. The summed E-state index contributed by atoms with van der Waals surface area (Å²) in [5.41, 5.74) is 0. The zero-order valence-electron chi connectivity index (χ0n) is 4.18. The summed E-state index contributed by atoms with van der Waals surface area (Å²) in [6.07, 6.45) is 1.35. The highest BCUT2D eigenvalue weighted by atomic mass is 16.5. The first kappa shape index (κ1) is 3.87. The fourth-order valence-electron chi connectivity index (χ4n) is 1.24. The lowest BCUT2D eigenvalue weighted by molar-refractivity contribution is -0.0172. The van der Waals surface area contributed by atoms with Gasteiger partial charge in [-0.05, 0) is 6.42 Å². The molecule has 1 N–H and O–H groups in total. The summed E-state index contributed by atoms with van der Waals surface area (Å²) in [6, 6.07) is 1.41. The number of nitrogens with one attached hydrogen (secondary N) is 1. The van der Waals surface area contributed by atoms with Crippen LogP contribution in [-0.4, -0.2) is 25.3 Å². The zero-order chi connectivity index (χ0) is 4.69. The van der Waals surface area contributed by atoms with E-state index in [-0.39, 0.29) is 0 Å². The number of morpholine rings is 1. The summed E-state index contributed by atoms with van der Waals surface area (Å²) >= 11 is 0. The fraction of sp³-hybridized carbons (Fsp3) is 1.00. The van der Waals surface area contributed by atoms with Gasteiger partial charge in [0, 0.05) is 12.1 Å². The minimum atomic E-state index is 0.707. The first-order chi connectivity index (χ1) is 3.45. The van der Waals surface area contributed by atoms with Crippen LogP contribution in [0.1, 0.15) is 6.42 Å². The van der Waals surface area contributed by atoms with E-state index in [0.717, 1.165) is 13.2 Å². The standard InChI is InChI=1S/C5H9NO/c1-4-2-7-3-5(1)6-4/h4-6H,1-3H2/t4-,5-/m0/s1. The van der Waals surface area contributed by atoms with Gasteiger partial charge >= 0.3 is 0 Å². The van der Waals surface area contributed by atoms with Crippen LogP contribution < -0.4 is 5.32 Å². The van der Waals surface area contributed by atoms with Gasteiger partial charge in [0.1, 0.15) is 0 Å². The van der Waals surface area contributed by atoms with Crippen molar-refractivity contribution in [2.75, 3.05) is 13.2 Å². The lowest BCUT2D eigenvalue weighted by Crippen LogP contribution is -2.60. The maximum Gasteiger partial charge on any atom is 0.0621 e. The first-order valence-corrected chi connectivity index (χ1v) is 2.79. The molecule has 2 atom stereocenters. The molecule has 0 radical (unpaired) electrons. The van der Waals surface area contributed by atoms with Crippen LogP contribution >= 0.6 is 0 Å². The molecule has 7 heavy (non-hydrogen) atoms. The minimum absolute atomic E-state index is 0.707. The molecule has 0 saturated carbocycles. The zero-order valence-corrected chi connectivity index (χ0v) is 4.18. The molecule has 2 nitrogen and oxygen atoms in total. The molecule has 3 aliphatic rings. The Labute approximate surface area is 42.9 Å². The van der Waals surface area contributed by atoms with Crippen molar-refractivity contribution >= 4 is 0 Å². The van der Waals surface area contributed by atoms with Gasteiger partial charge in [-0.1, -0.05) is 0 Å². The van der Waals surface area contributed by atoms with E-state index in [1.807, 2.05) is 0 Å². The van der Waals surface area contributed by atoms with Gasteiger partial charge in [-0.3, -0.25) is 0 Å². The quantitative estimate of drug-likeness (QED) is 0.452. The van der Waals surface area contributed by atoms with E-state index in [4.69, 9.17) is 4.74 Å². The summed E-state index contributed by atoms with van der Waals surface area (Å²) in [5.74, 6) is 0. The van der Waals surface area contributed by atoms with Gasteiger partial charge in [0.2, 0.25) is 0 Å². The molecule has 0 aromatic rings. The highest BCUT2D eigenvalue weighted by molar-refractivity contribution is 4.91. The Bertz CT molecular complexity index is 64.6. The Morgan fingerprint density at radius 3 is 2.00 bits per heavy atom. The Morgan fingerprint density at radius 1 is 1.29 bits per heavy atom. The third-order valence-electron chi connectivity index (χ3n) is 1.68. The van der Waals surface area contributed by atoms with Gasteiger partial charge in [-0.25, -0.2) is 0 Å². The summed E-state index contributed by atoms with van der Waals surface area (Å²) < 4.78 is 5.17. The molecule has 3 fully saturated rings. The average molecular weight is 99.1 g/mol. The minimum Gasteiger partial charge on any atom is -0.378 e. The van der Waals surface area contributed by atoms with E-state index >= 15 is 0 Å². The third-order valence-corrected chi connectivity index (χ3v) is 1.68. The number of hydrogen-bond donors (Lipinski definition) is 1. The van der Waals surface area contributed by atoms with E-state index in [1.165, 1.54) is 6.42 Å². The lowest BCUT2D eigenvalue weighted by atomic mass is 9.96. The third kappa shape index (κ3) is 0.469. The molecule has 40 valence electrons. The number of hydrogen-bond acceptors (Lipinski definition) is 2. The Morgan fingerprint density at radius 2 is 1.86 bits per heavy atom. The summed E-state index contributed by atoms with van der Waals surface area (Å²) in [6.45, 7) is 1.88. The fourth-order valence-corrected chi connectivity index (χ4v) is 1.24. The van der Waals surface area contributed by atoms with Crippen LogP contribution in [0.4, 0.5) is 0 Å². The molecule has 3 saturated heterocycles. The first-order valence-electron chi connectivity index (χ1n) is 2.79. The van der Waals surface area contributed by atoms with Crippen molar-refractivity contribution in [3.63, 3.8) is 0 Å². The lowest BCUT2D eigenvalue weighted by Gasteiger charge is -2.42. The van der Waals surface area contributed by atoms with E-state index in [1.54, 1.807) is 0 Å². The molecule has 3 rings (SSSR count). The topological polar surface area (TPSA) is 21.3 Å². The molecule has 0 aromatic carbocycles. The van der Waals surface area contributed by atoms with Crippen molar-refractivity contribution in [2.24, 2.45) is 0 Å². The van der Waals surface area contributed by atoms with E-state index < -0.39 is 0 Å². The van der Waals surface area contributed by atoms with Crippen molar-refractivity contribution in [3.05, 3.63) is 0 Å². The van der Waals surface area contributed by atoms with E-state index in [2.05, 4.69) is 5.32 Å². The molecule has 0 spiro atoms. The number of ether oxygens (including phenoxy) is 1. The predicted octanol–water partition coefficient (Wildman–Crippen LogP) is -0.253. The van der Waals surface area contributed by atoms with Crippen LogP contribution in [0.2, 0.25) is 0 Å². The predicted molar refractivity (Wildman–Crippen MR) is 26.1 cm³/mol. The maximum atomic E-state index is 5.17. The second-order valence-electron chi connectivity index (χ2n) is 2.33. The van der Waals surface area contributed by atoms with Crippen LogP contribution in [0.25, 0.3) is 0 Å².